The first kappa shape index (κ1) is 16.8. The van der Waals surface area contributed by atoms with Crippen molar-refractivity contribution < 1.29 is 13.9 Å². The van der Waals surface area contributed by atoms with Crippen LogP contribution in [0.25, 0.3) is 12.4 Å². The Morgan fingerprint density at radius 1 is 1.25 bits per heavy atom. The van der Waals surface area contributed by atoms with Crippen LogP contribution < -0.4 is 21.3 Å². The molecule has 0 spiro atoms. The summed E-state index contributed by atoms with van der Waals surface area (Å²) in [5, 5.41) is 7.11. The van der Waals surface area contributed by atoms with E-state index in [0.29, 0.717) is 41.0 Å². The summed E-state index contributed by atoms with van der Waals surface area (Å²) in [5.41, 5.74) is 0.639. The van der Waals surface area contributed by atoms with E-state index in [-0.39, 0.29) is 17.0 Å². The molecule has 0 unspecified atom stereocenters. The van der Waals surface area contributed by atoms with Gasteiger partial charge in [-0.2, -0.15) is 0 Å². The lowest BCUT2D eigenvalue weighted by atomic mass is 10.00. The maximum atomic E-state index is 12.9. The number of aliphatic imine (C=N–C) groups is 1. The number of ether oxygens (including phenoxy) is 1. The SMILES string of the molecule is C=c1oc(C)c(C(=O)NC2(C)COC2)/c1=C(/N=C\C)NC1(C)CC1. The van der Waals surface area contributed by atoms with Gasteiger partial charge in [0.2, 0.25) is 0 Å². The van der Waals surface area contributed by atoms with Gasteiger partial charge in [0.05, 0.1) is 29.5 Å². The highest BCUT2D eigenvalue weighted by Crippen LogP contribution is 2.35. The summed E-state index contributed by atoms with van der Waals surface area (Å²) in [6.07, 6.45) is 3.87. The Balaban J connectivity index is 2.07. The lowest BCUT2D eigenvalue weighted by Gasteiger charge is -2.38. The van der Waals surface area contributed by atoms with Crippen LogP contribution in [0.5, 0.6) is 0 Å². The monoisotopic (exact) mass is 331 g/mol. The van der Waals surface area contributed by atoms with E-state index < -0.39 is 0 Å². The molecule has 1 aromatic heterocycles. The fraction of sp³-hybridized carbons (Fsp3) is 0.556. The van der Waals surface area contributed by atoms with Crippen molar-refractivity contribution in [3.8, 4) is 0 Å². The molecule has 1 aromatic rings. The molecule has 1 aliphatic heterocycles. The zero-order valence-corrected chi connectivity index (χ0v) is 14.8. The Labute approximate surface area is 141 Å². The normalized spacial score (nSPS) is 22.0. The molecule has 0 radical (unpaired) electrons. The van der Waals surface area contributed by atoms with Gasteiger partial charge >= 0.3 is 0 Å². The van der Waals surface area contributed by atoms with Gasteiger partial charge in [0, 0.05) is 11.8 Å². The van der Waals surface area contributed by atoms with Crippen molar-refractivity contribution in [1.82, 2.24) is 10.6 Å². The predicted octanol–water partition coefficient (Wildman–Crippen LogP) is 0.816. The largest absolute Gasteiger partial charge is 0.461 e. The van der Waals surface area contributed by atoms with Gasteiger partial charge in [0.25, 0.3) is 5.91 Å². The summed E-state index contributed by atoms with van der Waals surface area (Å²) in [7, 11) is 0. The Morgan fingerprint density at radius 2 is 1.92 bits per heavy atom. The maximum Gasteiger partial charge on any atom is 0.256 e. The van der Waals surface area contributed by atoms with Crippen molar-refractivity contribution in [3.05, 3.63) is 22.0 Å². The fourth-order valence-electron chi connectivity index (χ4n) is 2.83. The van der Waals surface area contributed by atoms with Gasteiger partial charge in [-0.1, -0.05) is 6.58 Å². The number of aryl methyl sites for hydroxylation is 1. The number of rotatable bonds is 5. The van der Waals surface area contributed by atoms with Gasteiger partial charge in [-0.25, -0.2) is 4.99 Å². The molecule has 1 saturated carbocycles. The fourth-order valence-corrected chi connectivity index (χ4v) is 2.83. The second kappa shape index (κ2) is 5.77. The van der Waals surface area contributed by atoms with Gasteiger partial charge in [0.1, 0.15) is 17.0 Å². The quantitative estimate of drug-likeness (QED) is 0.783. The summed E-state index contributed by atoms with van der Waals surface area (Å²) in [6.45, 7) is 12.7. The van der Waals surface area contributed by atoms with Gasteiger partial charge in [-0.15, -0.1) is 0 Å². The molecule has 24 heavy (non-hydrogen) atoms. The third-order valence-electron chi connectivity index (χ3n) is 4.56. The number of carbonyl (C=O) groups is 1. The van der Waals surface area contributed by atoms with E-state index in [1.165, 1.54) is 0 Å². The molecule has 130 valence electrons. The molecule has 1 amide bonds. The minimum atomic E-state index is -0.330. The highest BCUT2D eigenvalue weighted by Gasteiger charge is 2.39. The number of furan rings is 1. The van der Waals surface area contributed by atoms with E-state index in [9.17, 15) is 4.79 Å². The minimum absolute atomic E-state index is 0.0288. The van der Waals surface area contributed by atoms with Crippen molar-refractivity contribution >= 4 is 24.5 Å². The van der Waals surface area contributed by atoms with Crippen LogP contribution >= 0.6 is 0 Å². The molecule has 2 N–H and O–H groups in total. The molecule has 2 fully saturated rings. The predicted molar refractivity (Wildman–Crippen MR) is 93.3 cm³/mol. The Kier molecular flexibility index (Phi) is 4.03. The molecular formula is C18H25N3O3. The number of carbonyl (C=O) groups excluding carboxylic acids is 1. The lowest BCUT2D eigenvalue weighted by molar-refractivity contribution is -0.0594. The van der Waals surface area contributed by atoms with Crippen LogP contribution in [0, 0.1) is 6.92 Å². The molecule has 0 atom stereocenters. The van der Waals surface area contributed by atoms with Crippen molar-refractivity contribution in [2.45, 2.75) is 51.6 Å². The Bertz CT molecular complexity index is 798. The molecule has 3 rings (SSSR count). The van der Waals surface area contributed by atoms with E-state index in [2.05, 4.69) is 29.1 Å². The van der Waals surface area contributed by atoms with Gasteiger partial charge < -0.3 is 19.8 Å². The Morgan fingerprint density at radius 3 is 2.42 bits per heavy atom. The Hall–Kier alpha value is -2.08. The van der Waals surface area contributed by atoms with Gasteiger partial charge in [-0.3, -0.25) is 4.79 Å². The summed E-state index contributed by atoms with van der Waals surface area (Å²) < 4.78 is 10.9. The standard InChI is InChI=1S/C18H25N3O3/c1-6-19-15(20-17(4)7-8-17)13-11(2)24-12(3)14(13)16(22)21-18(5)9-23-10-18/h6,20H,2,7-10H2,1,3-5H3,(H,21,22)/b15-13-,19-6-. The lowest BCUT2D eigenvalue weighted by Crippen LogP contribution is -2.60. The van der Waals surface area contributed by atoms with E-state index in [1.807, 2.05) is 13.8 Å². The van der Waals surface area contributed by atoms with Crippen LogP contribution in [-0.2, 0) is 4.74 Å². The molecule has 2 aliphatic rings. The average Bonchev–Trinajstić information content (AvgIpc) is 3.10. The van der Waals surface area contributed by atoms with Gasteiger partial charge in [0.15, 0.2) is 0 Å². The highest BCUT2D eigenvalue weighted by atomic mass is 16.5. The molecule has 2 heterocycles. The molecular weight excluding hydrogens is 306 g/mol. The van der Waals surface area contributed by atoms with E-state index >= 15 is 0 Å². The van der Waals surface area contributed by atoms with Crippen molar-refractivity contribution in [1.29, 1.82) is 0 Å². The summed E-state index contributed by atoms with van der Waals surface area (Å²) in [5.74, 6) is 1.00. The summed E-state index contributed by atoms with van der Waals surface area (Å²) in [4.78, 5) is 17.3. The van der Waals surface area contributed by atoms with Crippen molar-refractivity contribution in [2.75, 3.05) is 13.2 Å². The van der Waals surface area contributed by atoms with Crippen molar-refractivity contribution in [3.63, 3.8) is 0 Å². The minimum Gasteiger partial charge on any atom is -0.461 e. The molecule has 6 heteroatoms. The molecule has 0 bridgehead atoms. The number of amides is 1. The molecule has 1 saturated heterocycles. The number of nitrogens with one attached hydrogen (secondary N) is 2. The highest BCUT2D eigenvalue weighted by molar-refractivity contribution is 5.96. The average molecular weight is 331 g/mol. The summed E-state index contributed by atoms with van der Waals surface area (Å²) in [6, 6.07) is 0. The van der Waals surface area contributed by atoms with Crippen LogP contribution in [0.2, 0.25) is 0 Å². The first-order valence-corrected chi connectivity index (χ1v) is 8.27. The van der Waals surface area contributed by atoms with Crippen molar-refractivity contribution in [2.24, 2.45) is 4.99 Å². The van der Waals surface area contributed by atoms with Crippen LogP contribution in [0.4, 0.5) is 0 Å². The van der Waals surface area contributed by atoms with Gasteiger partial charge in [-0.05, 0) is 40.5 Å². The second-order valence-corrected chi connectivity index (χ2v) is 7.26. The zero-order chi connectivity index (χ0) is 17.5. The smallest absolute Gasteiger partial charge is 0.256 e. The molecule has 1 aliphatic carbocycles. The second-order valence-electron chi connectivity index (χ2n) is 7.26. The summed E-state index contributed by atoms with van der Waals surface area (Å²) >= 11 is 0. The number of hydrogen-bond acceptors (Lipinski definition) is 5. The van der Waals surface area contributed by atoms with Crippen LogP contribution in [0.1, 0.15) is 49.7 Å². The van der Waals surface area contributed by atoms with Crippen LogP contribution in [-0.4, -0.2) is 36.4 Å². The number of hydrogen-bond donors (Lipinski definition) is 2. The molecule has 6 nitrogen and oxygen atoms in total. The first-order chi connectivity index (χ1) is 11.3. The van der Waals surface area contributed by atoms with E-state index in [0.717, 1.165) is 12.8 Å². The van der Waals surface area contributed by atoms with E-state index in [1.54, 1.807) is 13.1 Å². The third kappa shape index (κ3) is 3.11. The maximum absolute atomic E-state index is 12.9. The first-order valence-electron chi connectivity index (χ1n) is 8.27. The zero-order valence-electron chi connectivity index (χ0n) is 14.8. The van der Waals surface area contributed by atoms with Crippen LogP contribution in [0.15, 0.2) is 9.41 Å². The third-order valence-corrected chi connectivity index (χ3v) is 4.56. The number of nitrogens with zero attached hydrogens (tertiary/aromatic N) is 1. The topological polar surface area (TPSA) is 75.9 Å². The van der Waals surface area contributed by atoms with Crippen LogP contribution in [0.3, 0.4) is 0 Å². The van der Waals surface area contributed by atoms with E-state index in [4.69, 9.17) is 9.15 Å². The molecule has 0 aromatic carbocycles.